The molecule has 0 aromatic rings. The number of hydrogen-bond acceptors (Lipinski definition) is 2. The quantitative estimate of drug-likeness (QED) is 0.591. The van der Waals surface area contributed by atoms with Gasteiger partial charge in [0.1, 0.15) is 6.10 Å². The van der Waals surface area contributed by atoms with Gasteiger partial charge >= 0.3 is 0 Å². The van der Waals surface area contributed by atoms with Crippen LogP contribution in [0.25, 0.3) is 0 Å². The molecule has 0 aliphatic heterocycles. The molecule has 0 saturated carbocycles. The highest BCUT2D eigenvalue weighted by molar-refractivity contribution is 4.69. The van der Waals surface area contributed by atoms with E-state index in [2.05, 4.69) is 0 Å². The maximum atomic E-state index is 11.1. The lowest BCUT2D eigenvalue weighted by atomic mass is 10.1. The molecule has 0 spiro atoms. The highest BCUT2D eigenvalue weighted by atomic mass is 16.5. The molecule has 61 valence electrons. The van der Waals surface area contributed by atoms with Gasteiger partial charge < -0.3 is 9.47 Å². The predicted octanol–water partition coefficient (Wildman–Crippen LogP) is 0.855. The molecule has 3 heteroatoms. The van der Waals surface area contributed by atoms with Crippen LogP contribution >= 0.6 is 0 Å². The Morgan fingerprint density at radius 3 is 1.50 bits per heavy atom. The van der Waals surface area contributed by atoms with Crippen molar-refractivity contribution < 1.29 is 14.6 Å². The molecule has 3 nitrogen and oxygen atoms in total. The van der Waals surface area contributed by atoms with Crippen molar-refractivity contribution in [1.29, 1.82) is 0 Å². The molecule has 0 heterocycles. The second kappa shape index (κ2) is 4.66. The normalized spacial score (nSPS) is 20.1. The zero-order valence-corrected chi connectivity index (χ0v) is 6.96. The third-order valence-electron chi connectivity index (χ3n) is 1.67. The van der Waals surface area contributed by atoms with Gasteiger partial charge in [-0.1, -0.05) is 0 Å². The van der Waals surface area contributed by atoms with E-state index in [9.17, 15) is 5.11 Å². The maximum absolute atomic E-state index is 11.1. The fraction of sp³-hybridized carbons (Fsp3) is 1.00. The topological polar surface area (TPSA) is 38.4 Å². The summed E-state index contributed by atoms with van der Waals surface area (Å²) in [6.45, 7) is 3.49. The van der Waals surface area contributed by atoms with Crippen LogP contribution in [0, 0.1) is 0 Å². The van der Waals surface area contributed by atoms with E-state index in [4.69, 9.17) is 9.47 Å². The first-order chi connectivity index (χ1) is 4.63. The van der Waals surface area contributed by atoms with Crippen molar-refractivity contribution in [2.45, 2.75) is 32.2 Å². The molecular formula is C7H15O3. The standard InChI is InChI=1S/C7H15O3/c1-5(9-3)7(8)6(2)10-4/h5-7H,1-4H3. The van der Waals surface area contributed by atoms with Crippen molar-refractivity contribution in [3.8, 4) is 0 Å². The van der Waals surface area contributed by atoms with E-state index >= 15 is 0 Å². The van der Waals surface area contributed by atoms with Gasteiger partial charge in [-0.2, -0.15) is 0 Å². The molecule has 0 aromatic heterocycles. The van der Waals surface area contributed by atoms with Gasteiger partial charge in [-0.3, -0.25) is 0 Å². The smallest absolute Gasteiger partial charge is 0.144 e. The van der Waals surface area contributed by atoms with E-state index in [-0.39, 0.29) is 12.2 Å². The molecule has 0 aliphatic rings. The first-order valence-corrected chi connectivity index (χ1v) is 3.34. The molecule has 0 aliphatic carbocycles. The van der Waals surface area contributed by atoms with Crippen molar-refractivity contribution in [2.24, 2.45) is 0 Å². The lowest BCUT2D eigenvalue weighted by molar-refractivity contribution is -0.106. The van der Waals surface area contributed by atoms with Crippen LogP contribution in [-0.2, 0) is 14.6 Å². The minimum absolute atomic E-state index is 0.282. The molecule has 0 N–H and O–H groups in total. The molecule has 1 radical (unpaired) electrons. The van der Waals surface area contributed by atoms with E-state index in [1.54, 1.807) is 13.8 Å². The Balaban J connectivity index is 3.69. The SMILES string of the molecule is COC(C)C([O])C(C)OC. The fourth-order valence-electron chi connectivity index (χ4n) is 0.650. The van der Waals surface area contributed by atoms with Crippen molar-refractivity contribution >= 4 is 0 Å². The van der Waals surface area contributed by atoms with E-state index in [1.807, 2.05) is 0 Å². The van der Waals surface area contributed by atoms with Gasteiger partial charge in [0.25, 0.3) is 0 Å². The van der Waals surface area contributed by atoms with Crippen molar-refractivity contribution in [2.75, 3.05) is 14.2 Å². The maximum Gasteiger partial charge on any atom is 0.144 e. The number of rotatable bonds is 4. The number of hydrogen-bond donors (Lipinski definition) is 0. The summed E-state index contributed by atoms with van der Waals surface area (Å²) in [4.78, 5) is 0. The summed E-state index contributed by atoms with van der Waals surface area (Å²) in [5.74, 6) is 0. The molecule has 0 saturated heterocycles. The zero-order valence-electron chi connectivity index (χ0n) is 6.96. The van der Waals surface area contributed by atoms with Gasteiger partial charge in [0.2, 0.25) is 0 Å². The fourth-order valence-corrected chi connectivity index (χ4v) is 0.650. The molecule has 0 bridgehead atoms. The summed E-state index contributed by atoms with van der Waals surface area (Å²) in [6, 6.07) is 0. The van der Waals surface area contributed by atoms with Crippen LogP contribution in [-0.4, -0.2) is 32.5 Å². The molecular weight excluding hydrogens is 132 g/mol. The van der Waals surface area contributed by atoms with Gasteiger partial charge in [-0.15, -0.1) is 0 Å². The molecule has 0 amide bonds. The van der Waals surface area contributed by atoms with Crippen LogP contribution < -0.4 is 0 Å². The third kappa shape index (κ3) is 2.64. The predicted molar refractivity (Wildman–Crippen MR) is 37.4 cm³/mol. The van der Waals surface area contributed by atoms with E-state index in [1.165, 1.54) is 14.2 Å². The summed E-state index contributed by atoms with van der Waals surface area (Å²) in [5, 5.41) is 11.1. The molecule has 0 rings (SSSR count). The Morgan fingerprint density at radius 1 is 1.00 bits per heavy atom. The molecule has 10 heavy (non-hydrogen) atoms. The van der Waals surface area contributed by atoms with Crippen LogP contribution in [0.4, 0.5) is 0 Å². The van der Waals surface area contributed by atoms with Crippen molar-refractivity contribution in [3.05, 3.63) is 0 Å². The minimum atomic E-state index is -0.796. The van der Waals surface area contributed by atoms with Gasteiger partial charge in [0, 0.05) is 14.2 Å². The van der Waals surface area contributed by atoms with E-state index in [0.717, 1.165) is 0 Å². The molecule has 0 aromatic carbocycles. The summed E-state index contributed by atoms with van der Waals surface area (Å²) < 4.78 is 9.68. The lowest BCUT2D eigenvalue weighted by Gasteiger charge is -2.20. The molecule has 2 unspecified atom stereocenters. The summed E-state index contributed by atoms with van der Waals surface area (Å²) in [5.41, 5.74) is 0. The first kappa shape index (κ1) is 9.88. The summed E-state index contributed by atoms with van der Waals surface area (Å²) in [7, 11) is 3.05. The molecule has 0 fully saturated rings. The average Bonchev–Trinajstić information content (AvgIpc) is 2.00. The number of methoxy groups -OCH3 is 2. The first-order valence-electron chi connectivity index (χ1n) is 3.34. The van der Waals surface area contributed by atoms with Crippen molar-refractivity contribution in [1.82, 2.24) is 0 Å². The lowest BCUT2D eigenvalue weighted by Crippen LogP contribution is -2.34. The van der Waals surface area contributed by atoms with Crippen LogP contribution in [0.1, 0.15) is 13.8 Å². The Labute approximate surface area is 62.0 Å². The van der Waals surface area contributed by atoms with E-state index in [0.29, 0.717) is 0 Å². The van der Waals surface area contributed by atoms with Gasteiger partial charge in [-0.25, -0.2) is 5.11 Å². The van der Waals surface area contributed by atoms with Crippen LogP contribution in [0.5, 0.6) is 0 Å². The minimum Gasteiger partial charge on any atom is -0.379 e. The Hall–Kier alpha value is -0.120. The van der Waals surface area contributed by atoms with Gasteiger partial charge in [-0.05, 0) is 13.8 Å². The second-order valence-electron chi connectivity index (χ2n) is 2.35. The third-order valence-corrected chi connectivity index (χ3v) is 1.67. The van der Waals surface area contributed by atoms with Gasteiger partial charge in [0.05, 0.1) is 12.2 Å². The summed E-state index contributed by atoms with van der Waals surface area (Å²) >= 11 is 0. The largest absolute Gasteiger partial charge is 0.379 e. The monoisotopic (exact) mass is 147 g/mol. The molecule has 2 atom stereocenters. The Kier molecular flexibility index (Phi) is 4.60. The van der Waals surface area contributed by atoms with Crippen LogP contribution in [0.3, 0.4) is 0 Å². The Morgan fingerprint density at radius 2 is 1.30 bits per heavy atom. The zero-order chi connectivity index (χ0) is 8.15. The van der Waals surface area contributed by atoms with E-state index < -0.39 is 6.10 Å². The van der Waals surface area contributed by atoms with Crippen LogP contribution in [0.15, 0.2) is 0 Å². The highest BCUT2D eigenvalue weighted by Gasteiger charge is 2.21. The van der Waals surface area contributed by atoms with Gasteiger partial charge in [0.15, 0.2) is 0 Å². The second-order valence-corrected chi connectivity index (χ2v) is 2.35. The van der Waals surface area contributed by atoms with Crippen molar-refractivity contribution in [3.63, 3.8) is 0 Å². The number of ether oxygens (including phenoxy) is 2. The average molecular weight is 147 g/mol. The Bertz CT molecular complexity index is 74.9. The highest BCUT2D eigenvalue weighted by Crippen LogP contribution is 2.05. The van der Waals surface area contributed by atoms with Crippen LogP contribution in [0.2, 0.25) is 0 Å². The summed E-state index contributed by atoms with van der Waals surface area (Å²) in [6.07, 6.45) is -1.36.